The van der Waals surface area contributed by atoms with E-state index in [1.165, 1.54) is 16.7 Å². The van der Waals surface area contributed by atoms with Crippen molar-refractivity contribution in [2.24, 2.45) is 0 Å². The maximum atomic E-state index is 5.50. The molecule has 0 aromatic heterocycles. The number of hydrogen-bond acceptors (Lipinski definition) is 1. The van der Waals surface area contributed by atoms with Crippen LogP contribution in [0.5, 0.6) is 0 Å². The average Bonchev–Trinajstić information content (AvgIpc) is 2.49. The maximum absolute atomic E-state index is 5.50. The van der Waals surface area contributed by atoms with E-state index in [0.717, 1.165) is 5.69 Å². The second-order valence-electron chi connectivity index (χ2n) is 5.92. The summed E-state index contributed by atoms with van der Waals surface area (Å²) in [6, 6.07) is 16.9. The van der Waals surface area contributed by atoms with Gasteiger partial charge in [0.1, 0.15) is 0 Å². The number of aryl methyl sites for hydroxylation is 1. The Labute approximate surface area is 139 Å². The molecule has 0 heterocycles. The van der Waals surface area contributed by atoms with E-state index in [0.29, 0.717) is 11.0 Å². The van der Waals surface area contributed by atoms with Crippen molar-refractivity contribution >= 4 is 23.0 Å². The van der Waals surface area contributed by atoms with Gasteiger partial charge in [-0.3, -0.25) is 0 Å². The molecule has 3 heteroatoms. The number of thiocarbonyl (C=S) groups is 1. The largest absolute Gasteiger partial charge is 0.356 e. The molecule has 22 heavy (non-hydrogen) atoms. The van der Waals surface area contributed by atoms with Crippen LogP contribution in [-0.2, 0) is 0 Å². The first-order chi connectivity index (χ1) is 10.5. The van der Waals surface area contributed by atoms with Gasteiger partial charge in [0.15, 0.2) is 5.11 Å². The number of para-hydroxylation sites is 1. The van der Waals surface area contributed by atoms with Crippen molar-refractivity contribution in [1.29, 1.82) is 0 Å². The van der Waals surface area contributed by atoms with Gasteiger partial charge >= 0.3 is 0 Å². The van der Waals surface area contributed by atoms with Gasteiger partial charge in [-0.1, -0.05) is 62.4 Å². The maximum Gasteiger partial charge on any atom is 0.171 e. The van der Waals surface area contributed by atoms with Crippen LogP contribution in [0, 0.1) is 6.92 Å². The van der Waals surface area contributed by atoms with Gasteiger partial charge in [0.05, 0.1) is 6.04 Å². The third kappa shape index (κ3) is 4.08. The Morgan fingerprint density at radius 1 is 0.955 bits per heavy atom. The minimum Gasteiger partial charge on any atom is -0.356 e. The molecule has 116 valence electrons. The summed E-state index contributed by atoms with van der Waals surface area (Å²) < 4.78 is 0. The predicted octanol–water partition coefficient (Wildman–Crippen LogP) is 5.17. The van der Waals surface area contributed by atoms with Crippen LogP contribution in [0.15, 0.2) is 48.5 Å². The standard InChI is InChI=1S/C19H24N2S/c1-13(2)17-12-8-9-14(3)18(17)21-19(22)20-15(4)16-10-6-5-7-11-16/h5-13,15H,1-4H3,(H2,20,21,22)/t15-/m0/s1. The van der Waals surface area contributed by atoms with Gasteiger partial charge in [0.2, 0.25) is 0 Å². The summed E-state index contributed by atoms with van der Waals surface area (Å²) in [6.07, 6.45) is 0. The molecule has 0 spiro atoms. The van der Waals surface area contributed by atoms with Gasteiger partial charge in [-0.15, -0.1) is 0 Å². The van der Waals surface area contributed by atoms with E-state index in [-0.39, 0.29) is 6.04 Å². The Hall–Kier alpha value is -1.87. The van der Waals surface area contributed by atoms with Crippen LogP contribution in [0.3, 0.4) is 0 Å². The molecule has 0 fully saturated rings. The predicted molar refractivity (Wildman–Crippen MR) is 99.5 cm³/mol. The van der Waals surface area contributed by atoms with E-state index in [4.69, 9.17) is 12.2 Å². The molecule has 0 radical (unpaired) electrons. The van der Waals surface area contributed by atoms with Gasteiger partial charge in [0.25, 0.3) is 0 Å². The van der Waals surface area contributed by atoms with Gasteiger partial charge in [0, 0.05) is 5.69 Å². The van der Waals surface area contributed by atoms with Gasteiger partial charge in [-0.2, -0.15) is 0 Å². The van der Waals surface area contributed by atoms with Crippen LogP contribution in [0.1, 0.15) is 49.4 Å². The van der Waals surface area contributed by atoms with Crippen LogP contribution in [0.25, 0.3) is 0 Å². The Balaban J connectivity index is 2.10. The molecule has 0 amide bonds. The van der Waals surface area contributed by atoms with E-state index in [1.807, 2.05) is 18.2 Å². The monoisotopic (exact) mass is 312 g/mol. The van der Waals surface area contributed by atoms with Crippen molar-refractivity contribution in [3.63, 3.8) is 0 Å². The lowest BCUT2D eigenvalue weighted by Gasteiger charge is -2.21. The molecule has 2 N–H and O–H groups in total. The molecule has 2 aromatic rings. The molecular weight excluding hydrogens is 288 g/mol. The lowest BCUT2D eigenvalue weighted by molar-refractivity contribution is 0.722. The van der Waals surface area contributed by atoms with Crippen LogP contribution in [0.4, 0.5) is 5.69 Å². The van der Waals surface area contributed by atoms with Crippen molar-refractivity contribution in [3.8, 4) is 0 Å². The number of anilines is 1. The lowest BCUT2D eigenvalue weighted by Crippen LogP contribution is -2.31. The molecule has 0 aliphatic rings. The molecule has 2 aromatic carbocycles. The summed E-state index contributed by atoms with van der Waals surface area (Å²) in [5, 5.41) is 7.40. The Bertz CT molecular complexity index is 635. The molecule has 0 saturated carbocycles. The molecular formula is C19H24N2S. The second-order valence-corrected chi connectivity index (χ2v) is 6.33. The van der Waals surface area contributed by atoms with Crippen molar-refractivity contribution in [1.82, 2.24) is 5.32 Å². The van der Waals surface area contributed by atoms with Gasteiger partial charge in [-0.05, 0) is 48.7 Å². The summed E-state index contributed by atoms with van der Waals surface area (Å²) in [6.45, 7) is 8.62. The SMILES string of the molecule is Cc1cccc(C(C)C)c1NC(=S)N[C@@H](C)c1ccccc1. The van der Waals surface area contributed by atoms with Crippen LogP contribution >= 0.6 is 12.2 Å². The fraction of sp³-hybridized carbons (Fsp3) is 0.316. The van der Waals surface area contributed by atoms with Crippen molar-refractivity contribution in [3.05, 3.63) is 65.2 Å². The second kappa shape index (κ2) is 7.41. The molecule has 0 bridgehead atoms. The number of hydrogen-bond donors (Lipinski definition) is 2. The first-order valence-corrected chi connectivity index (χ1v) is 8.12. The molecule has 0 aliphatic carbocycles. The fourth-order valence-corrected chi connectivity index (χ4v) is 2.79. The van der Waals surface area contributed by atoms with Crippen molar-refractivity contribution in [2.45, 2.75) is 39.7 Å². The topological polar surface area (TPSA) is 24.1 Å². The lowest BCUT2D eigenvalue weighted by atomic mass is 9.98. The van der Waals surface area contributed by atoms with E-state index in [1.54, 1.807) is 0 Å². The van der Waals surface area contributed by atoms with E-state index < -0.39 is 0 Å². The number of rotatable bonds is 4. The smallest absolute Gasteiger partial charge is 0.171 e. The van der Waals surface area contributed by atoms with Gasteiger partial charge in [-0.25, -0.2) is 0 Å². The Kier molecular flexibility index (Phi) is 5.56. The zero-order chi connectivity index (χ0) is 16.1. The van der Waals surface area contributed by atoms with E-state index >= 15 is 0 Å². The zero-order valence-electron chi connectivity index (χ0n) is 13.7. The molecule has 1 atom stereocenters. The quantitative estimate of drug-likeness (QED) is 0.762. The highest BCUT2D eigenvalue weighted by molar-refractivity contribution is 7.80. The molecule has 2 nitrogen and oxygen atoms in total. The average molecular weight is 312 g/mol. The minimum atomic E-state index is 0.174. The summed E-state index contributed by atoms with van der Waals surface area (Å²) >= 11 is 5.50. The van der Waals surface area contributed by atoms with E-state index in [9.17, 15) is 0 Å². The summed E-state index contributed by atoms with van der Waals surface area (Å²) in [7, 11) is 0. The Morgan fingerprint density at radius 2 is 1.64 bits per heavy atom. The number of nitrogens with one attached hydrogen (secondary N) is 2. The zero-order valence-corrected chi connectivity index (χ0v) is 14.5. The highest BCUT2D eigenvalue weighted by Gasteiger charge is 2.12. The summed E-state index contributed by atoms with van der Waals surface area (Å²) in [4.78, 5) is 0. The Morgan fingerprint density at radius 3 is 2.27 bits per heavy atom. The summed E-state index contributed by atoms with van der Waals surface area (Å²) in [5.74, 6) is 0.455. The van der Waals surface area contributed by atoms with E-state index in [2.05, 4.69) is 68.7 Å². The highest BCUT2D eigenvalue weighted by Crippen LogP contribution is 2.27. The third-order valence-electron chi connectivity index (χ3n) is 3.81. The minimum absolute atomic E-state index is 0.174. The van der Waals surface area contributed by atoms with Crippen LogP contribution in [0.2, 0.25) is 0 Å². The van der Waals surface area contributed by atoms with Crippen LogP contribution < -0.4 is 10.6 Å². The molecule has 2 rings (SSSR count). The third-order valence-corrected chi connectivity index (χ3v) is 4.03. The fourth-order valence-electron chi connectivity index (χ4n) is 2.51. The number of benzene rings is 2. The normalized spacial score (nSPS) is 12.0. The van der Waals surface area contributed by atoms with Gasteiger partial charge < -0.3 is 10.6 Å². The summed E-state index contributed by atoms with van der Waals surface area (Å²) in [5.41, 5.74) is 4.84. The molecule has 0 unspecified atom stereocenters. The van der Waals surface area contributed by atoms with Crippen LogP contribution in [-0.4, -0.2) is 5.11 Å². The van der Waals surface area contributed by atoms with Crippen molar-refractivity contribution in [2.75, 3.05) is 5.32 Å². The molecule has 0 aliphatic heterocycles. The first kappa shape index (κ1) is 16.5. The first-order valence-electron chi connectivity index (χ1n) is 7.71. The highest BCUT2D eigenvalue weighted by atomic mass is 32.1. The van der Waals surface area contributed by atoms with Crippen molar-refractivity contribution < 1.29 is 0 Å². The molecule has 0 saturated heterocycles.